The molecule has 2 aromatic rings. The molecule has 0 atom stereocenters. The Hall–Kier alpha value is -3.03. The monoisotopic (exact) mass is 506 g/mol. The second kappa shape index (κ2) is 14.8. The first-order valence-corrected chi connectivity index (χ1v) is 15.0. The van der Waals surface area contributed by atoms with Crippen molar-refractivity contribution < 1.29 is 4.39 Å². The third-order valence-corrected chi connectivity index (χ3v) is 7.96. The van der Waals surface area contributed by atoms with Crippen LogP contribution in [0, 0.1) is 29.5 Å². The van der Waals surface area contributed by atoms with Crippen LogP contribution in [0.1, 0.15) is 131 Å². The van der Waals surface area contributed by atoms with Gasteiger partial charge in [0.2, 0.25) is 0 Å². The summed E-state index contributed by atoms with van der Waals surface area (Å²) in [5, 5.41) is 0. The van der Waals surface area contributed by atoms with Gasteiger partial charge in [0.05, 0.1) is 5.56 Å². The van der Waals surface area contributed by atoms with E-state index in [1.54, 1.807) is 11.6 Å². The van der Waals surface area contributed by atoms with E-state index in [0.29, 0.717) is 11.5 Å². The SMILES string of the molecule is CCCCCCc1ccc(C#Cc2ccc(C#CC3=CC=C(CCC)CC3)c(C3CCCCC3)c2)c(F)c1. The van der Waals surface area contributed by atoms with Gasteiger partial charge in [-0.1, -0.05) is 106 Å². The molecule has 0 aliphatic heterocycles. The second-order valence-electron chi connectivity index (χ2n) is 11.0. The first kappa shape index (κ1) is 28.0. The van der Waals surface area contributed by atoms with Crippen LogP contribution in [0.3, 0.4) is 0 Å². The Morgan fingerprint density at radius 3 is 2.29 bits per heavy atom. The summed E-state index contributed by atoms with van der Waals surface area (Å²) in [4.78, 5) is 0. The van der Waals surface area contributed by atoms with Crippen LogP contribution in [0.2, 0.25) is 0 Å². The van der Waals surface area contributed by atoms with Crippen molar-refractivity contribution >= 4 is 0 Å². The largest absolute Gasteiger partial charge is 0.206 e. The molecular formula is C37H43F. The Morgan fingerprint density at radius 2 is 1.55 bits per heavy atom. The lowest BCUT2D eigenvalue weighted by Crippen LogP contribution is -2.07. The number of halogens is 1. The highest BCUT2D eigenvalue weighted by molar-refractivity contribution is 5.53. The zero-order valence-electron chi connectivity index (χ0n) is 23.5. The molecule has 0 unspecified atom stereocenters. The molecule has 2 aliphatic rings. The predicted molar refractivity (Wildman–Crippen MR) is 160 cm³/mol. The van der Waals surface area contributed by atoms with Gasteiger partial charge in [-0.25, -0.2) is 4.39 Å². The Kier molecular flexibility index (Phi) is 10.9. The fourth-order valence-corrected chi connectivity index (χ4v) is 5.68. The van der Waals surface area contributed by atoms with Crippen LogP contribution >= 0.6 is 0 Å². The van der Waals surface area contributed by atoms with E-state index in [2.05, 4.69) is 67.9 Å². The normalized spacial score (nSPS) is 15.6. The fraction of sp³-hybridized carbons (Fsp3) is 0.459. The standard InChI is InChI=1S/C37H43F/c1-3-5-6-8-12-31-21-25-35(37(38)28-31)26-22-32-20-24-34(36(27-32)33-13-9-7-10-14-33)23-19-30-17-15-29(11-4-2)16-18-30/h15,17,20-21,24-25,27-28,33H,3-14,16,18H2,1-2H3. The summed E-state index contributed by atoms with van der Waals surface area (Å²) < 4.78 is 14.8. The first-order chi connectivity index (χ1) is 18.7. The van der Waals surface area contributed by atoms with Gasteiger partial charge < -0.3 is 0 Å². The second-order valence-corrected chi connectivity index (χ2v) is 11.0. The maximum Gasteiger partial charge on any atom is 0.139 e. The molecule has 0 N–H and O–H groups in total. The van der Waals surface area contributed by atoms with E-state index in [9.17, 15) is 4.39 Å². The van der Waals surface area contributed by atoms with Crippen LogP contribution in [0.5, 0.6) is 0 Å². The first-order valence-electron chi connectivity index (χ1n) is 15.0. The molecule has 2 aliphatic carbocycles. The molecule has 0 aromatic heterocycles. The minimum absolute atomic E-state index is 0.211. The van der Waals surface area contributed by atoms with Crippen molar-refractivity contribution in [2.75, 3.05) is 0 Å². The number of aryl methyl sites for hydroxylation is 1. The van der Waals surface area contributed by atoms with E-state index in [1.807, 2.05) is 12.1 Å². The van der Waals surface area contributed by atoms with Crippen LogP contribution in [0.4, 0.5) is 4.39 Å². The molecule has 0 amide bonds. The fourth-order valence-electron chi connectivity index (χ4n) is 5.68. The highest BCUT2D eigenvalue weighted by atomic mass is 19.1. The molecule has 0 radical (unpaired) electrons. The van der Waals surface area contributed by atoms with Crippen LogP contribution < -0.4 is 0 Å². The molecule has 1 fully saturated rings. The van der Waals surface area contributed by atoms with Crippen LogP contribution in [0.25, 0.3) is 0 Å². The van der Waals surface area contributed by atoms with Gasteiger partial charge in [0.25, 0.3) is 0 Å². The zero-order valence-corrected chi connectivity index (χ0v) is 23.5. The lowest BCUT2D eigenvalue weighted by molar-refractivity contribution is 0.443. The Bertz CT molecular complexity index is 1260. The van der Waals surface area contributed by atoms with Gasteiger partial charge in [-0.15, -0.1) is 0 Å². The van der Waals surface area contributed by atoms with Crippen LogP contribution in [-0.4, -0.2) is 0 Å². The van der Waals surface area contributed by atoms with E-state index in [0.717, 1.165) is 42.4 Å². The molecule has 0 heterocycles. The number of hydrogen-bond donors (Lipinski definition) is 0. The van der Waals surface area contributed by atoms with Crippen molar-refractivity contribution in [3.05, 3.63) is 93.3 Å². The third kappa shape index (κ3) is 8.23. The van der Waals surface area contributed by atoms with Gasteiger partial charge >= 0.3 is 0 Å². The van der Waals surface area contributed by atoms with Gasteiger partial charge in [0, 0.05) is 16.7 Å². The van der Waals surface area contributed by atoms with Crippen LogP contribution in [0.15, 0.2) is 59.7 Å². The van der Waals surface area contributed by atoms with Gasteiger partial charge in [-0.2, -0.15) is 0 Å². The average molecular weight is 507 g/mol. The summed E-state index contributed by atoms with van der Waals surface area (Å²) in [7, 11) is 0. The van der Waals surface area contributed by atoms with Gasteiger partial charge in [0.1, 0.15) is 5.82 Å². The summed E-state index contributed by atoms with van der Waals surface area (Å²) in [6, 6.07) is 12.0. The Labute approximate surface area is 230 Å². The van der Waals surface area contributed by atoms with Crippen molar-refractivity contribution in [2.45, 2.75) is 110 Å². The highest BCUT2D eigenvalue weighted by Gasteiger charge is 2.18. The molecule has 0 bridgehead atoms. The molecule has 1 heteroatoms. The number of rotatable bonds is 8. The molecule has 0 nitrogen and oxygen atoms in total. The molecule has 38 heavy (non-hydrogen) atoms. The molecular weight excluding hydrogens is 463 g/mol. The Morgan fingerprint density at radius 1 is 0.737 bits per heavy atom. The molecule has 198 valence electrons. The highest BCUT2D eigenvalue weighted by Crippen LogP contribution is 2.35. The number of unbranched alkanes of at least 4 members (excludes halogenated alkanes) is 3. The lowest BCUT2D eigenvalue weighted by atomic mass is 9.81. The molecule has 4 rings (SSSR count). The van der Waals surface area contributed by atoms with E-state index < -0.39 is 0 Å². The van der Waals surface area contributed by atoms with Crippen molar-refractivity contribution in [3.8, 4) is 23.7 Å². The van der Waals surface area contributed by atoms with E-state index in [-0.39, 0.29) is 5.82 Å². The van der Waals surface area contributed by atoms with Crippen molar-refractivity contribution in [3.63, 3.8) is 0 Å². The quantitative estimate of drug-likeness (QED) is 0.247. The van der Waals surface area contributed by atoms with Crippen molar-refractivity contribution in [2.24, 2.45) is 0 Å². The summed E-state index contributed by atoms with van der Waals surface area (Å²) in [5.74, 6) is 13.7. The molecule has 2 aromatic carbocycles. The number of allylic oxidation sites excluding steroid dienone is 4. The predicted octanol–water partition coefficient (Wildman–Crippen LogP) is 10.2. The van der Waals surface area contributed by atoms with Gasteiger partial charge in [0.15, 0.2) is 0 Å². The number of benzene rings is 2. The minimum Gasteiger partial charge on any atom is -0.206 e. The van der Waals surface area contributed by atoms with Gasteiger partial charge in [-0.3, -0.25) is 0 Å². The average Bonchev–Trinajstić information content (AvgIpc) is 2.95. The summed E-state index contributed by atoms with van der Waals surface area (Å²) in [5.41, 5.74) is 7.72. The lowest BCUT2D eigenvalue weighted by Gasteiger charge is -2.23. The van der Waals surface area contributed by atoms with Crippen molar-refractivity contribution in [1.29, 1.82) is 0 Å². The molecule has 1 saturated carbocycles. The van der Waals surface area contributed by atoms with Gasteiger partial charge in [-0.05, 0) is 92.3 Å². The van der Waals surface area contributed by atoms with E-state index >= 15 is 0 Å². The topological polar surface area (TPSA) is 0 Å². The molecule has 0 saturated heterocycles. The third-order valence-electron chi connectivity index (χ3n) is 7.96. The van der Waals surface area contributed by atoms with E-state index in [1.165, 1.54) is 75.3 Å². The van der Waals surface area contributed by atoms with E-state index in [4.69, 9.17) is 0 Å². The maximum absolute atomic E-state index is 14.8. The van der Waals surface area contributed by atoms with Crippen molar-refractivity contribution in [1.82, 2.24) is 0 Å². The summed E-state index contributed by atoms with van der Waals surface area (Å²) in [6.45, 7) is 4.45. The maximum atomic E-state index is 14.8. The summed E-state index contributed by atoms with van der Waals surface area (Å²) >= 11 is 0. The molecule has 0 spiro atoms. The van der Waals surface area contributed by atoms with Crippen LogP contribution in [-0.2, 0) is 6.42 Å². The number of hydrogen-bond acceptors (Lipinski definition) is 0. The summed E-state index contributed by atoms with van der Waals surface area (Å²) in [6.07, 6.45) is 21.1. The smallest absolute Gasteiger partial charge is 0.139 e. The Balaban J connectivity index is 1.53. The zero-order chi connectivity index (χ0) is 26.6. The minimum atomic E-state index is -0.211.